The van der Waals surface area contributed by atoms with Crippen LogP contribution in [0.1, 0.15) is 31.4 Å². The van der Waals surface area contributed by atoms with Crippen LogP contribution in [0.5, 0.6) is 11.5 Å². The normalized spacial score (nSPS) is 11.1. The molecule has 0 amide bonds. The maximum atomic E-state index is 6.18. The molecule has 0 fully saturated rings. The second kappa shape index (κ2) is 9.43. The number of halogens is 2. The van der Waals surface area contributed by atoms with E-state index in [2.05, 4.69) is 59.3 Å². The first-order valence-corrected chi connectivity index (χ1v) is 9.92. The van der Waals surface area contributed by atoms with E-state index in [4.69, 9.17) is 16.3 Å². The Morgan fingerprint density at radius 1 is 1.16 bits per heavy atom. The standard InChI is InChI=1S/C20H24ClIN2O/c1-5-9-24(6-2)13-23-19-10-15(4)20(11-14(19)3)25-16-7-8-18(22)17(21)12-16/h7-8,10-13H,5-6,9H2,1-4H3/b23-13+. The van der Waals surface area contributed by atoms with Crippen LogP contribution in [0, 0.1) is 17.4 Å². The first-order valence-electron chi connectivity index (χ1n) is 8.47. The molecule has 25 heavy (non-hydrogen) atoms. The SMILES string of the molecule is CCCN(/C=N/c1cc(C)c(Oc2ccc(I)c(Cl)c2)cc1C)CC. The molecule has 0 atom stereocenters. The summed E-state index contributed by atoms with van der Waals surface area (Å²) in [6, 6.07) is 9.82. The van der Waals surface area contributed by atoms with Crippen LogP contribution in [-0.4, -0.2) is 24.3 Å². The third kappa shape index (κ3) is 5.61. The van der Waals surface area contributed by atoms with Gasteiger partial charge in [0.05, 0.1) is 17.0 Å². The van der Waals surface area contributed by atoms with Crippen molar-refractivity contribution in [2.75, 3.05) is 13.1 Å². The first kappa shape index (κ1) is 20.0. The van der Waals surface area contributed by atoms with E-state index in [0.29, 0.717) is 5.02 Å². The molecular formula is C20H24ClIN2O. The van der Waals surface area contributed by atoms with Crippen molar-refractivity contribution >= 4 is 46.2 Å². The van der Waals surface area contributed by atoms with E-state index >= 15 is 0 Å². The number of aryl methyl sites for hydroxylation is 2. The molecule has 0 radical (unpaired) electrons. The predicted octanol–water partition coefficient (Wildman–Crippen LogP) is 6.75. The lowest BCUT2D eigenvalue weighted by atomic mass is 10.1. The van der Waals surface area contributed by atoms with Crippen LogP contribution in [0.2, 0.25) is 5.02 Å². The fourth-order valence-corrected chi connectivity index (χ4v) is 2.93. The summed E-state index contributed by atoms with van der Waals surface area (Å²) in [5.41, 5.74) is 3.10. The van der Waals surface area contributed by atoms with E-state index < -0.39 is 0 Å². The molecule has 0 saturated heterocycles. The number of nitrogens with zero attached hydrogens (tertiary/aromatic N) is 2. The zero-order valence-electron chi connectivity index (χ0n) is 15.1. The number of hydrogen-bond donors (Lipinski definition) is 0. The van der Waals surface area contributed by atoms with Crippen LogP contribution in [0.4, 0.5) is 5.69 Å². The minimum absolute atomic E-state index is 0.698. The summed E-state index contributed by atoms with van der Waals surface area (Å²) < 4.78 is 7.03. The average molecular weight is 471 g/mol. The molecule has 2 aromatic carbocycles. The molecular weight excluding hydrogens is 447 g/mol. The molecule has 0 N–H and O–H groups in total. The van der Waals surface area contributed by atoms with Gasteiger partial charge in [0.1, 0.15) is 11.5 Å². The van der Waals surface area contributed by atoms with Crippen LogP contribution >= 0.6 is 34.2 Å². The molecule has 0 spiro atoms. The number of benzene rings is 2. The Balaban J connectivity index is 2.21. The van der Waals surface area contributed by atoms with Gasteiger partial charge in [-0.3, -0.25) is 0 Å². The molecule has 0 aliphatic heterocycles. The van der Waals surface area contributed by atoms with E-state index in [0.717, 1.165) is 51.4 Å². The van der Waals surface area contributed by atoms with E-state index in [-0.39, 0.29) is 0 Å². The maximum Gasteiger partial charge on any atom is 0.130 e. The van der Waals surface area contributed by atoms with Gasteiger partial charge in [-0.2, -0.15) is 0 Å². The molecule has 0 aliphatic carbocycles. The van der Waals surface area contributed by atoms with Gasteiger partial charge in [-0.1, -0.05) is 18.5 Å². The largest absolute Gasteiger partial charge is 0.457 e. The fourth-order valence-electron chi connectivity index (χ4n) is 2.42. The highest BCUT2D eigenvalue weighted by Crippen LogP contribution is 2.33. The summed E-state index contributed by atoms with van der Waals surface area (Å²) in [6.45, 7) is 10.4. The van der Waals surface area contributed by atoms with E-state index in [1.807, 2.05) is 37.5 Å². The van der Waals surface area contributed by atoms with Gasteiger partial charge in [-0.15, -0.1) is 0 Å². The third-order valence-electron chi connectivity index (χ3n) is 3.89. The van der Waals surface area contributed by atoms with Gasteiger partial charge in [-0.05, 0) is 85.2 Å². The molecule has 2 rings (SSSR count). The Morgan fingerprint density at radius 3 is 2.56 bits per heavy atom. The summed E-state index contributed by atoms with van der Waals surface area (Å²) in [4.78, 5) is 6.87. The Labute approximate surface area is 169 Å². The van der Waals surface area contributed by atoms with Gasteiger partial charge < -0.3 is 9.64 Å². The Morgan fingerprint density at radius 2 is 1.92 bits per heavy atom. The van der Waals surface area contributed by atoms with Crippen molar-refractivity contribution in [2.45, 2.75) is 34.1 Å². The van der Waals surface area contributed by atoms with Gasteiger partial charge >= 0.3 is 0 Å². The summed E-state index contributed by atoms with van der Waals surface area (Å²) in [6.07, 6.45) is 3.05. The molecule has 0 bridgehead atoms. The summed E-state index contributed by atoms with van der Waals surface area (Å²) >= 11 is 8.38. The lowest BCUT2D eigenvalue weighted by Gasteiger charge is -2.16. The van der Waals surface area contributed by atoms with Gasteiger partial charge in [0.2, 0.25) is 0 Å². The lowest BCUT2D eigenvalue weighted by Crippen LogP contribution is -2.21. The highest BCUT2D eigenvalue weighted by atomic mass is 127. The van der Waals surface area contributed by atoms with Gasteiger partial charge in [0.15, 0.2) is 0 Å². The van der Waals surface area contributed by atoms with Crippen molar-refractivity contribution in [3.05, 3.63) is 50.1 Å². The maximum absolute atomic E-state index is 6.18. The Bertz CT molecular complexity index is 762. The van der Waals surface area contributed by atoms with Gasteiger partial charge in [0.25, 0.3) is 0 Å². The van der Waals surface area contributed by atoms with Crippen LogP contribution in [0.3, 0.4) is 0 Å². The number of rotatable bonds is 7. The van der Waals surface area contributed by atoms with Crippen molar-refractivity contribution in [3.8, 4) is 11.5 Å². The summed E-state index contributed by atoms with van der Waals surface area (Å²) in [5.74, 6) is 1.57. The third-order valence-corrected chi connectivity index (χ3v) is 5.46. The predicted molar refractivity (Wildman–Crippen MR) is 116 cm³/mol. The number of ether oxygens (including phenoxy) is 1. The minimum Gasteiger partial charge on any atom is -0.457 e. The van der Waals surface area contributed by atoms with Crippen LogP contribution in [0.25, 0.3) is 0 Å². The second-order valence-corrected chi connectivity index (χ2v) is 7.52. The van der Waals surface area contributed by atoms with Gasteiger partial charge in [0, 0.05) is 22.7 Å². The monoisotopic (exact) mass is 470 g/mol. The Kier molecular flexibility index (Phi) is 7.56. The molecule has 5 heteroatoms. The summed E-state index contributed by atoms with van der Waals surface area (Å²) in [5, 5.41) is 0.698. The molecule has 0 heterocycles. The van der Waals surface area contributed by atoms with Crippen LogP contribution < -0.4 is 4.74 Å². The fraction of sp³-hybridized carbons (Fsp3) is 0.350. The topological polar surface area (TPSA) is 24.8 Å². The molecule has 3 nitrogen and oxygen atoms in total. The van der Waals surface area contributed by atoms with Gasteiger partial charge in [-0.25, -0.2) is 4.99 Å². The van der Waals surface area contributed by atoms with Crippen LogP contribution in [-0.2, 0) is 0 Å². The van der Waals surface area contributed by atoms with Crippen molar-refractivity contribution in [2.24, 2.45) is 4.99 Å². The molecule has 2 aromatic rings. The lowest BCUT2D eigenvalue weighted by molar-refractivity contribution is 0.452. The van der Waals surface area contributed by atoms with Crippen molar-refractivity contribution in [3.63, 3.8) is 0 Å². The van der Waals surface area contributed by atoms with Crippen molar-refractivity contribution in [1.29, 1.82) is 0 Å². The summed E-state index contributed by atoms with van der Waals surface area (Å²) in [7, 11) is 0. The van der Waals surface area contributed by atoms with Crippen LogP contribution in [0.15, 0.2) is 35.3 Å². The van der Waals surface area contributed by atoms with E-state index in [1.54, 1.807) is 0 Å². The van der Waals surface area contributed by atoms with Crippen molar-refractivity contribution < 1.29 is 4.74 Å². The number of aliphatic imine (C=N–C) groups is 1. The highest BCUT2D eigenvalue weighted by molar-refractivity contribution is 14.1. The first-order chi connectivity index (χ1) is 11.9. The molecule has 0 aliphatic rings. The average Bonchev–Trinajstić information content (AvgIpc) is 2.58. The van der Waals surface area contributed by atoms with E-state index in [1.165, 1.54) is 0 Å². The smallest absolute Gasteiger partial charge is 0.130 e. The highest BCUT2D eigenvalue weighted by Gasteiger charge is 2.08. The quantitative estimate of drug-likeness (QED) is 0.254. The minimum atomic E-state index is 0.698. The zero-order chi connectivity index (χ0) is 18.4. The number of hydrogen-bond acceptors (Lipinski definition) is 2. The molecule has 0 unspecified atom stereocenters. The molecule has 134 valence electrons. The molecule has 0 aromatic heterocycles. The Hall–Kier alpha value is -1.27. The van der Waals surface area contributed by atoms with Crippen molar-refractivity contribution in [1.82, 2.24) is 4.90 Å². The second-order valence-electron chi connectivity index (χ2n) is 5.96. The zero-order valence-corrected chi connectivity index (χ0v) is 18.1. The van der Waals surface area contributed by atoms with E-state index in [9.17, 15) is 0 Å². The molecule has 0 saturated carbocycles.